The van der Waals surface area contributed by atoms with Crippen LogP contribution in [0.15, 0.2) is 29.4 Å². The average Bonchev–Trinajstić information content (AvgIpc) is 2.09. The second kappa shape index (κ2) is 4.24. The first-order valence-electron chi connectivity index (χ1n) is 4.63. The minimum atomic E-state index is 0.614. The molecule has 1 atom stereocenters. The molecule has 1 nitrogen and oxygen atoms in total. The molecule has 12 heavy (non-hydrogen) atoms. The number of hydrogen-bond acceptors (Lipinski definition) is 1. The van der Waals surface area contributed by atoms with E-state index < -0.39 is 0 Å². The third-order valence-electron chi connectivity index (χ3n) is 2.46. The molecule has 1 aliphatic rings. The molecule has 0 aromatic rings. The van der Waals surface area contributed by atoms with Crippen molar-refractivity contribution in [3.8, 4) is 0 Å². The van der Waals surface area contributed by atoms with Crippen LogP contribution in [0.2, 0.25) is 0 Å². The standard InChI is InChI=1S/C11H17N/c1-4-10-8-6-7-9(3)11(10)12-5-2/h4-5,9H,2,6-8H2,1,3H3/b10-4-,12-11?. The van der Waals surface area contributed by atoms with Gasteiger partial charge in [-0.05, 0) is 37.7 Å². The van der Waals surface area contributed by atoms with E-state index in [4.69, 9.17) is 0 Å². The lowest BCUT2D eigenvalue weighted by Gasteiger charge is -2.22. The minimum absolute atomic E-state index is 0.614. The van der Waals surface area contributed by atoms with Crippen LogP contribution < -0.4 is 0 Å². The van der Waals surface area contributed by atoms with Crippen LogP contribution in [0, 0.1) is 5.92 Å². The Labute approximate surface area is 74.9 Å². The molecule has 1 aliphatic carbocycles. The molecule has 0 aliphatic heterocycles. The Morgan fingerprint density at radius 1 is 1.58 bits per heavy atom. The van der Waals surface area contributed by atoms with Crippen LogP contribution in [0.3, 0.4) is 0 Å². The normalized spacial score (nSPS) is 31.0. The summed E-state index contributed by atoms with van der Waals surface area (Å²) in [7, 11) is 0. The highest BCUT2D eigenvalue weighted by atomic mass is 14.7. The van der Waals surface area contributed by atoms with Crippen LogP contribution in [0.25, 0.3) is 0 Å². The summed E-state index contributed by atoms with van der Waals surface area (Å²) in [5, 5.41) is 0. The fourth-order valence-electron chi connectivity index (χ4n) is 1.78. The smallest absolute Gasteiger partial charge is 0.0460 e. The molecule has 1 saturated carbocycles. The van der Waals surface area contributed by atoms with Gasteiger partial charge in [0.05, 0.1) is 0 Å². The molecular weight excluding hydrogens is 146 g/mol. The Hall–Kier alpha value is -0.850. The van der Waals surface area contributed by atoms with Crippen LogP contribution in [-0.4, -0.2) is 5.71 Å². The summed E-state index contributed by atoms with van der Waals surface area (Å²) in [6.45, 7) is 7.97. The molecule has 0 aromatic carbocycles. The van der Waals surface area contributed by atoms with Gasteiger partial charge in [0, 0.05) is 11.9 Å². The maximum atomic E-state index is 4.33. The average molecular weight is 163 g/mol. The first-order valence-corrected chi connectivity index (χ1v) is 4.63. The van der Waals surface area contributed by atoms with Crippen molar-refractivity contribution in [1.82, 2.24) is 0 Å². The van der Waals surface area contributed by atoms with Crippen molar-refractivity contribution in [1.29, 1.82) is 0 Å². The van der Waals surface area contributed by atoms with Gasteiger partial charge in [-0.15, -0.1) is 0 Å². The Morgan fingerprint density at radius 2 is 2.33 bits per heavy atom. The molecule has 0 heterocycles. The Kier molecular flexibility index (Phi) is 3.27. The maximum absolute atomic E-state index is 4.33. The van der Waals surface area contributed by atoms with Gasteiger partial charge in [0.15, 0.2) is 0 Å². The van der Waals surface area contributed by atoms with Crippen molar-refractivity contribution in [2.75, 3.05) is 0 Å². The van der Waals surface area contributed by atoms with Gasteiger partial charge in [-0.25, -0.2) is 0 Å². The molecule has 1 unspecified atom stereocenters. The van der Waals surface area contributed by atoms with Gasteiger partial charge < -0.3 is 0 Å². The molecule has 1 fully saturated rings. The summed E-state index contributed by atoms with van der Waals surface area (Å²) in [5.74, 6) is 0.614. The van der Waals surface area contributed by atoms with Crippen molar-refractivity contribution in [3.63, 3.8) is 0 Å². The topological polar surface area (TPSA) is 12.4 Å². The largest absolute Gasteiger partial charge is 0.261 e. The van der Waals surface area contributed by atoms with E-state index in [1.807, 2.05) is 0 Å². The molecule has 0 amide bonds. The van der Waals surface area contributed by atoms with Crippen LogP contribution >= 0.6 is 0 Å². The van der Waals surface area contributed by atoms with E-state index in [9.17, 15) is 0 Å². The molecule has 0 bridgehead atoms. The number of hydrogen-bond donors (Lipinski definition) is 0. The third-order valence-corrected chi connectivity index (χ3v) is 2.46. The van der Waals surface area contributed by atoms with E-state index in [0.29, 0.717) is 5.92 Å². The molecular formula is C11H17N. The predicted molar refractivity (Wildman–Crippen MR) is 54.4 cm³/mol. The lowest BCUT2D eigenvalue weighted by Crippen LogP contribution is -2.18. The van der Waals surface area contributed by atoms with Crippen molar-refractivity contribution < 1.29 is 0 Å². The highest BCUT2D eigenvalue weighted by molar-refractivity contribution is 6.02. The Bertz CT molecular complexity index is 223. The van der Waals surface area contributed by atoms with E-state index >= 15 is 0 Å². The predicted octanol–water partition coefficient (Wildman–Crippen LogP) is 3.34. The molecule has 0 N–H and O–H groups in total. The van der Waals surface area contributed by atoms with Gasteiger partial charge in [0.25, 0.3) is 0 Å². The van der Waals surface area contributed by atoms with Gasteiger partial charge in [0.1, 0.15) is 0 Å². The first-order chi connectivity index (χ1) is 5.79. The zero-order valence-electron chi connectivity index (χ0n) is 8.01. The van der Waals surface area contributed by atoms with E-state index in [1.165, 1.54) is 30.5 Å². The van der Waals surface area contributed by atoms with Gasteiger partial charge in [-0.3, -0.25) is 4.99 Å². The first kappa shape index (κ1) is 9.24. The van der Waals surface area contributed by atoms with Crippen molar-refractivity contribution in [2.24, 2.45) is 10.9 Å². The summed E-state index contributed by atoms with van der Waals surface area (Å²) < 4.78 is 0. The Balaban J connectivity index is 2.87. The minimum Gasteiger partial charge on any atom is -0.261 e. The molecule has 0 radical (unpaired) electrons. The number of nitrogens with zero attached hydrogens (tertiary/aromatic N) is 1. The fourth-order valence-corrected chi connectivity index (χ4v) is 1.78. The van der Waals surface area contributed by atoms with Gasteiger partial charge in [-0.2, -0.15) is 0 Å². The van der Waals surface area contributed by atoms with Gasteiger partial charge in [-0.1, -0.05) is 19.6 Å². The summed E-state index contributed by atoms with van der Waals surface area (Å²) in [6, 6.07) is 0. The molecule has 1 rings (SSSR count). The summed E-state index contributed by atoms with van der Waals surface area (Å²) in [5.41, 5.74) is 2.66. The quantitative estimate of drug-likeness (QED) is 0.562. The molecule has 0 saturated heterocycles. The number of aliphatic imine (C=N–C) groups is 1. The van der Waals surface area contributed by atoms with E-state index in [2.05, 4.69) is 31.5 Å². The van der Waals surface area contributed by atoms with E-state index in [1.54, 1.807) is 6.20 Å². The molecule has 66 valence electrons. The Morgan fingerprint density at radius 3 is 2.92 bits per heavy atom. The molecule has 0 aromatic heterocycles. The van der Waals surface area contributed by atoms with Gasteiger partial charge in [0.2, 0.25) is 0 Å². The summed E-state index contributed by atoms with van der Waals surface area (Å²) >= 11 is 0. The molecule has 1 heteroatoms. The van der Waals surface area contributed by atoms with Gasteiger partial charge >= 0.3 is 0 Å². The van der Waals surface area contributed by atoms with Crippen molar-refractivity contribution >= 4 is 5.71 Å². The SMILES string of the molecule is C=CN=C1/C(=C\C)CCCC1C. The highest BCUT2D eigenvalue weighted by Gasteiger charge is 2.18. The van der Waals surface area contributed by atoms with Crippen LogP contribution in [-0.2, 0) is 0 Å². The monoisotopic (exact) mass is 163 g/mol. The summed E-state index contributed by atoms with van der Waals surface area (Å²) in [4.78, 5) is 4.33. The number of allylic oxidation sites excluding steroid dienone is 2. The number of rotatable bonds is 1. The zero-order chi connectivity index (χ0) is 8.97. The maximum Gasteiger partial charge on any atom is 0.0460 e. The van der Waals surface area contributed by atoms with Crippen LogP contribution in [0.5, 0.6) is 0 Å². The second-order valence-corrected chi connectivity index (χ2v) is 3.30. The van der Waals surface area contributed by atoms with Crippen LogP contribution in [0.4, 0.5) is 0 Å². The lowest BCUT2D eigenvalue weighted by atomic mass is 9.84. The van der Waals surface area contributed by atoms with Crippen molar-refractivity contribution in [3.05, 3.63) is 24.4 Å². The third kappa shape index (κ3) is 1.84. The van der Waals surface area contributed by atoms with Crippen LogP contribution in [0.1, 0.15) is 33.1 Å². The van der Waals surface area contributed by atoms with E-state index in [0.717, 1.165) is 0 Å². The van der Waals surface area contributed by atoms with Crippen molar-refractivity contribution in [2.45, 2.75) is 33.1 Å². The zero-order valence-corrected chi connectivity index (χ0v) is 8.01. The second-order valence-electron chi connectivity index (χ2n) is 3.30. The van der Waals surface area contributed by atoms with E-state index in [-0.39, 0.29) is 0 Å². The fraction of sp³-hybridized carbons (Fsp3) is 0.545. The highest BCUT2D eigenvalue weighted by Crippen LogP contribution is 2.25. The summed E-state index contributed by atoms with van der Waals surface area (Å²) in [6.07, 6.45) is 7.59. The lowest BCUT2D eigenvalue weighted by molar-refractivity contribution is 0.604. The molecule has 0 spiro atoms.